The van der Waals surface area contributed by atoms with E-state index in [-0.39, 0.29) is 24.0 Å². The van der Waals surface area contributed by atoms with Crippen LogP contribution in [0.4, 0.5) is 0 Å². The van der Waals surface area contributed by atoms with Gasteiger partial charge in [0, 0.05) is 19.0 Å². The summed E-state index contributed by atoms with van der Waals surface area (Å²) in [4.78, 5) is 8.95. The Balaban J connectivity index is 0.00000312. The molecule has 0 fully saturated rings. The summed E-state index contributed by atoms with van der Waals surface area (Å²) in [7, 11) is 1.80. The Morgan fingerprint density at radius 2 is 1.72 bits per heavy atom. The number of halogens is 1. The highest BCUT2D eigenvalue weighted by Gasteiger charge is 2.08. The fourth-order valence-electron chi connectivity index (χ4n) is 2.71. The first kappa shape index (κ1) is 21.9. The molecule has 1 heterocycles. The molecule has 2 N–H and O–H groups in total. The smallest absolute Gasteiger partial charge is 0.191 e. The Labute approximate surface area is 172 Å². The van der Waals surface area contributed by atoms with Gasteiger partial charge >= 0.3 is 0 Å². The second-order valence-corrected chi connectivity index (χ2v) is 7.42. The number of nitrogens with one attached hydrogen (secondary N) is 2. The first-order valence-electron chi connectivity index (χ1n) is 8.36. The van der Waals surface area contributed by atoms with E-state index in [1.807, 2.05) is 0 Å². The van der Waals surface area contributed by atoms with Gasteiger partial charge in [-0.1, -0.05) is 31.5 Å². The van der Waals surface area contributed by atoms with E-state index in [1.54, 1.807) is 18.4 Å². The van der Waals surface area contributed by atoms with Gasteiger partial charge in [0.15, 0.2) is 5.96 Å². The molecule has 2 aromatic rings. The Bertz CT molecular complexity index is 699. The summed E-state index contributed by atoms with van der Waals surface area (Å²) >= 11 is 1.69. The molecule has 138 valence electrons. The number of rotatable bonds is 5. The molecule has 2 rings (SSSR count). The second-order valence-electron chi connectivity index (χ2n) is 6.48. The van der Waals surface area contributed by atoms with Crippen molar-refractivity contribution in [3.05, 3.63) is 50.5 Å². The second kappa shape index (κ2) is 10.1. The molecule has 25 heavy (non-hydrogen) atoms. The minimum atomic E-state index is 0. The summed E-state index contributed by atoms with van der Waals surface area (Å²) in [6.45, 7) is 12.3. The lowest BCUT2D eigenvalue weighted by Crippen LogP contribution is -2.36. The van der Waals surface area contributed by atoms with E-state index in [1.165, 1.54) is 22.3 Å². The maximum absolute atomic E-state index is 4.65. The van der Waals surface area contributed by atoms with Crippen molar-refractivity contribution in [3.8, 4) is 0 Å². The van der Waals surface area contributed by atoms with Crippen LogP contribution in [0.25, 0.3) is 0 Å². The normalized spacial score (nSPS) is 11.4. The van der Waals surface area contributed by atoms with E-state index in [9.17, 15) is 0 Å². The van der Waals surface area contributed by atoms with Gasteiger partial charge in [-0.15, -0.1) is 35.3 Å². The molecule has 0 spiro atoms. The average Bonchev–Trinajstić information content (AvgIpc) is 2.98. The van der Waals surface area contributed by atoms with Crippen LogP contribution in [0.15, 0.2) is 22.5 Å². The van der Waals surface area contributed by atoms with Gasteiger partial charge in [0.25, 0.3) is 0 Å². The maximum atomic E-state index is 4.65. The molecule has 4 nitrogen and oxygen atoms in total. The highest BCUT2D eigenvalue weighted by atomic mass is 127. The Morgan fingerprint density at radius 3 is 2.24 bits per heavy atom. The standard InChI is InChI=1S/C19H28N4S.HI/c1-12(2)17-11-24-18(23-17)10-22-19(20-6)21-9-16-14(4)7-13(3)8-15(16)5;/h7-8,11-12H,9-10H2,1-6H3,(H2,20,21,22);1H. The van der Waals surface area contributed by atoms with Crippen LogP contribution in [-0.2, 0) is 13.1 Å². The largest absolute Gasteiger partial charge is 0.352 e. The lowest BCUT2D eigenvalue weighted by molar-refractivity contribution is 0.782. The predicted octanol–water partition coefficient (Wildman–Crippen LogP) is 4.67. The monoisotopic (exact) mass is 472 g/mol. The molecule has 1 aromatic heterocycles. The highest BCUT2D eigenvalue weighted by molar-refractivity contribution is 14.0. The average molecular weight is 472 g/mol. The summed E-state index contributed by atoms with van der Waals surface area (Å²) in [6.07, 6.45) is 0. The minimum Gasteiger partial charge on any atom is -0.352 e. The third kappa shape index (κ3) is 6.26. The molecule has 6 heteroatoms. The number of aliphatic imine (C=N–C) groups is 1. The van der Waals surface area contributed by atoms with Gasteiger partial charge in [-0.2, -0.15) is 0 Å². The number of aryl methyl sites for hydroxylation is 3. The topological polar surface area (TPSA) is 49.3 Å². The van der Waals surface area contributed by atoms with Crippen molar-refractivity contribution in [2.75, 3.05) is 7.05 Å². The zero-order chi connectivity index (χ0) is 17.7. The molecule has 0 saturated carbocycles. The number of hydrogen-bond donors (Lipinski definition) is 2. The SMILES string of the molecule is CN=C(NCc1nc(C(C)C)cs1)NCc1c(C)cc(C)cc1C.I. The summed E-state index contributed by atoms with van der Waals surface area (Å²) in [5.74, 6) is 1.27. The van der Waals surface area contributed by atoms with Crippen LogP contribution in [0.5, 0.6) is 0 Å². The lowest BCUT2D eigenvalue weighted by atomic mass is 10.00. The van der Waals surface area contributed by atoms with Crippen LogP contribution >= 0.6 is 35.3 Å². The Morgan fingerprint density at radius 1 is 1.12 bits per heavy atom. The molecule has 0 amide bonds. The minimum absolute atomic E-state index is 0. The van der Waals surface area contributed by atoms with Crippen molar-refractivity contribution >= 4 is 41.3 Å². The van der Waals surface area contributed by atoms with Gasteiger partial charge in [0.05, 0.1) is 12.2 Å². The van der Waals surface area contributed by atoms with Gasteiger partial charge in [-0.3, -0.25) is 4.99 Å². The van der Waals surface area contributed by atoms with Crippen LogP contribution in [0.1, 0.15) is 52.7 Å². The lowest BCUT2D eigenvalue weighted by Gasteiger charge is -2.15. The fraction of sp³-hybridized carbons (Fsp3) is 0.474. The molecule has 0 aliphatic heterocycles. The molecule has 0 radical (unpaired) electrons. The van der Waals surface area contributed by atoms with Crippen molar-refractivity contribution in [1.29, 1.82) is 0 Å². The molecule has 0 atom stereocenters. The Kier molecular flexibility index (Phi) is 8.85. The number of guanidine groups is 1. The van der Waals surface area contributed by atoms with Gasteiger partial charge in [0.1, 0.15) is 5.01 Å². The van der Waals surface area contributed by atoms with Crippen LogP contribution in [0.3, 0.4) is 0 Å². The van der Waals surface area contributed by atoms with Crippen LogP contribution in [-0.4, -0.2) is 18.0 Å². The number of aromatic nitrogens is 1. The molecule has 0 bridgehead atoms. The molecular formula is C19H29IN4S. The zero-order valence-electron chi connectivity index (χ0n) is 15.9. The van der Waals surface area contributed by atoms with Gasteiger partial charge in [-0.05, 0) is 43.4 Å². The maximum Gasteiger partial charge on any atom is 0.191 e. The first-order valence-corrected chi connectivity index (χ1v) is 9.24. The third-order valence-corrected chi connectivity index (χ3v) is 4.93. The van der Waals surface area contributed by atoms with Crippen molar-refractivity contribution < 1.29 is 0 Å². The van der Waals surface area contributed by atoms with Gasteiger partial charge in [-0.25, -0.2) is 4.98 Å². The first-order chi connectivity index (χ1) is 11.4. The summed E-state index contributed by atoms with van der Waals surface area (Å²) < 4.78 is 0. The van der Waals surface area contributed by atoms with E-state index in [0.717, 1.165) is 23.2 Å². The number of benzene rings is 1. The Hall–Kier alpha value is -1.15. The molecule has 0 aliphatic rings. The summed E-state index contributed by atoms with van der Waals surface area (Å²) in [6, 6.07) is 4.45. The summed E-state index contributed by atoms with van der Waals surface area (Å²) in [5.41, 5.74) is 6.43. The molecular weight excluding hydrogens is 443 g/mol. The van der Waals surface area contributed by atoms with Crippen LogP contribution < -0.4 is 10.6 Å². The molecule has 1 aromatic carbocycles. The van der Waals surface area contributed by atoms with Crippen molar-refractivity contribution in [1.82, 2.24) is 15.6 Å². The zero-order valence-corrected chi connectivity index (χ0v) is 19.1. The van der Waals surface area contributed by atoms with Crippen molar-refractivity contribution in [2.24, 2.45) is 4.99 Å². The quantitative estimate of drug-likeness (QED) is 0.378. The predicted molar refractivity (Wildman–Crippen MR) is 119 cm³/mol. The van der Waals surface area contributed by atoms with E-state index >= 15 is 0 Å². The van der Waals surface area contributed by atoms with Gasteiger partial charge < -0.3 is 10.6 Å². The third-order valence-electron chi connectivity index (χ3n) is 4.06. The molecule has 0 saturated heterocycles. The van der Waals surface area contributed by atoms with Crippen LogP contribution in [0.2, 0.25) is 0 Å². The van der Waals surface area contributed by atoms with Gasteiger partial charge in [0.2, 0.25) is 0 Å². The van der Waals surface area contributed by atoms with E-state index in [0.29, 0.717) is 12.5 Å². The van der Waals surface area contributed by atoms with Crippen molar-refractivity contribution in [2.45, 2.75) is 53.6 Å². The molecule has 0 aliphatic carbocycles. The van der Waals surface area contributed by atoms with Crippen molar-refractivity contribution in [3.63, 3.8) is 0 Å². The number of nitrogens with zero attached hydrogens (tertiary/aromatic N) is 2. The van der Waals surface area contributed by atoms with E-state index in [4.69, 9.17) is 0 Å². The van der Waals surface area contributed by atoms with E-state index < -0.39 is 0 Å². The summed E-state index contributed by atoms with van der Waals surface area (Å²) in [5, 5.41) is 9.97. The fourth-order valence-corrected chi connectivity index (χ4v) is 3.61. The highest BCUT2D eigenvalue weighted by Crippen LogP contribution is 2.18. The molecule has 0 unspecified atom stereocenters. The van der Waals surface area contributed by atoms with Crippen LogP contribution in [0, 0.1) is 20.8 Å². The number of hydrogen-bond acceptors (Lipinski definition) is 3. The van der Waals surface area contributed by atoms with E-state index in [2.05, 4.69) is 72.7 Å². The number of thiazole rings is 1.